The van der Waals surface area contributed by atoms with Crippen LogP contribution in [-0.2, 0) is 6.54 Å². The lowest BCUT2D eigenvalue weighted by atomic mass is 9.98. The molecule has 0 radical (unpaired) electrons. The largest absolute Gasteiger partial charge is 0.384 e. The number of pyridine rings is 3. The number of fused-ring (bicyclic) bond motifs is 1. The number of nitrogen functional groups attached to an aromatic ring is 1. The van der Waals surface area contributed by atoms with Crippen LogP contribution in [0.5, 0.6) is 0 Å². The number of likely N-dealkylation sites (tertiary alicyclic amines) is 1. The molecule has 3 N–H and O–H groups in total. The molecule has 1 saturated heterocycles. The molecule has 34 heavy (non-hydrogen) atoms. The molecule has 3 aromatic heterocycles. The first-order valence-electron chi connectivity index (χ1n) is 11.9. The average Bonchev–Trinajstić information content (AvgIpc) is 3.34. The molecule has 0 bridgehead atoms. The number of hydrogen-bond donors (Lipinski definition) is 2. The molecule has 4 heterocycles. The lowest BCUT2D eigenvalue weighted by Gasteiger charge is -2.15. The maximum Gasteiger partial charge on any atom is 0.262 e. The predicted molar refractivity (Wildman–Crippen MR) is 139 cm³/mol. The number of rotatable bonds is 6. The van der Waals surface area contributed by atoms with Crippen LogP contribution in [0.4, 0.5) is 17.3 Å². The van der Waals surface area contributed by atoms with E-state index in [2.05, 4.69) is 46.4 Å². The SMILES string of the molecule is CCN1CCC(c2ccc(Nc3nc(-c4ccc(N)nc4)cc4ccn(CC)c(=O)c34)cc2)C1. The van der Waals surface area contributed by atoms with E-state index >= 15 is 0 Å². The van der Waals surface area contributed by atoms with Gasteiger partial charge in [-0.1, -0.05) is 19.1 Å². The minimum Gasteiger partial charge on any atom is -0.384 e. The summed E-state index contributed by atoms with van der Waals surface area (Å²) in [5.41, 5.74) is 9.54. The highest BCUT2D eigenvalue weighted by Crippen LogP contribution is 2.30. The maximum atomic E-state index is 13.2. The molecule has 4 aromatic rings. The molecule has 0 saturated carbocycles. The van der Waals surface area contributed by atoms with Gasteiger partial charge in [-0.05, 0) is 79.7 Å². The van der Waals surface area contributed by atoms with Crippen LogP contribution in [0.15, 0.2) is 65.7 Å². The molecule has 1 unspecified atom stereocenters. The van der Waals surface area contributed by atoms with Gasteiger partial charge in [0.05, 0.1) is 11.1 Å². The number of nitrogens with one attached hydrogen (secondary N) is 1. The van der Waals surface area contributed by atoms with Crippen LogP contribution in [-0.4, -0.2) is 39.1 Å². The predicted octanol–water partition coefficient (Wildman–Crippen LogP) is 4.61. The molecule has 1 atom stereocenters. The molecule has 5 rings (SSSR count). The highest BCUT2D eigenvalue weighted by Gasteiger charge is 2.22. The number of anilines is 3. The first-order chi connectivity index (χ1) is 16.6. The van der Waals surface area contributed by atoms with Gasteiger partial charge in [0.2, 0.25) is 0 Å². The second kappa shape index (κ2) is 9.27. The molecule has 7 heteroatoms. The van der Waals surface area contributed by atoms with Gasteiger partial charge in [-0.15, -0.1) is 0 Å². The molecule has 1 fully saturated rings. The van der Waals surface area contributed by atoms with E-state index in [0.717, 1.165) is 42.0 Å². The molecule has 0 spiro atoms. The Balaban J connectivity index is 1.53. The summed E-state index contributed by atoms with van der Waals surface area (Å²) in [6.45, 7) is 8.15. The molecular weight excluding hydrogens is 424 g/mol. The molecule has 174 valence electrons. The smallest absolute Gasteiger partial charge is 0.262 e. The summed E-state index contributed by atoms with van der Waals surface area (Å²) >= 11 is 0. The Morgan fingerprint density at radius 1 is 1.09 bits per heavy atom. The van der Waals surface area contributed by atoms with Crippen LogP contribution in [0.3, 0.4) is 0 Å². The van der Waals surface area contributed by atoms with E-state index < -0.39 is 0 Å². The van der Waals surface area contributed by atoms with Gasteiger partial charge in [0.15, 0.2) is 0 Å². The van der Waals surface area contributed by atoms with E-state index in [9.17, 15) is 4.79 Å². The van der Waals surface area contributed by atoms with Gasteiger partial charge in [-0.2, -0.15) is 0 Å². The van der Waals surface area contributed by atoms with Gasteiger partial charge in [-0.3, -0.25) is 4.79 Å². The lowest BCUT2D eigenvalue weighted by Crippen LogP contribution is -2.19. The van der Waals surface area contributed by atoms with Crippen molar-refractivity contribution in [1.82, 2.24) is 19.4 Å². The van der Waals surface area contributed by atoms with Crippen LogP contribution in [0.1, 0.15) is 31.7 Å². The topological polar surface area (TPSA) is 89.1 Å². The first-order valence-corrected chi connectivity index (χ1v) is 11.9. The Morgan fingerprint density at radius 3 is 2.59 bits per heavy atom. The fourth-order valence-electron chi connectivity index (χ4n) is 4.71. The molecule has 1 aliphatic heterocycles. The van der Waals surface area contributed by atoms with Crippen LogP contribution in [0.2, 0.25) is 0 Å². The summed E-state index contributed by atoms with van der Waals surface area (Å²) in [6, 6.07) is 16.1. The summed E-state index contributed by atoms with van der Waals surface area (Å²) in [5, 5.41) is 4.83. The molecule has 0 amide bonds. The number of aryl methyl sites for hydroxylation is 1. The zero-order valence-electron chi connectivity index (χ0n) is 19.7. The monoisotopic (exact) mass is 454 g/mol. The summed E-state index contributed by atoms with van der Waals surface area (Å²) in [4.78, 5) is 24.7. The number of hydrogen-bond acceptors (Lipinski definition) is 6. The third kappa shape index (κ3) is 4.26. The van der Waals surface area contributed by atoms with Crippen molar-refractivity contribution < 1.29 is 0 Å². The average molecular weight is 455 g/mol. The van der Waals surface area contributed by atoms with Gasteiger partial charge >= 0.3 is 0 Å². The van der Waals surface area contributed by atoms with Crippen molar-refractivity contribution in [3.05, 3.63) is 76.8 Å². The minimum absolute atomic E-state index is 0.0563. The van der Waals surface area contributed by atoms with Crippen LogP contribution >= 0.6 is 0 Å². The van der Waals surface area contributed by atoms with E-state index in [-0.39, 0.29) is 5.56 Å². The van der Waals surface area contributed by atoms with Crippen molar-refractivity contribution in [3.63, 3.8) is 0 Å². The van der Waals surface area contributed by atoms with E-state index in [1.165, 1.54) is 12.0 Å². The quantitative estimate of drug-likeness (QED) is 0.442. The molecule has 0 aliphatic carbocycles. The molecule has 7 nitrogen and oxygen atoms in total. The van der Waals surface area contributed by atoms with Gasteiger partial charge in [0.1, 0.15) is 11.6 Å². The van der Waals surface area contributed by atoms with Crippen LogP contribution < -0.4 is 16.6 Å². The van der Waals surface area contributed by atoms with Crippen molar-refractivity contribution in [2.24, 2.45) is 0 Å². The Labute approximate surface area is 199 Å². The van der Waals surface area contributed by atoms with Gasteiger partial charge in [0, 0.05) is 36.7 Å². The Kier molecular flexibility index (Phi) is 6.02. The van der Waals surface area contributed by atoms with Gasteiger partial charge in [-0.25, -0.2) is 9.97 Å². The van der Waals surface area contributed by atoms with Crippen molar-refractivity contribution in [2.45, 2.75) is 32.7 Å². The fraction of sp³-hybridized carbons (Fsp3) is 0.296. The lowest BCUT2D eigenvalue weighted by molar-refractivity contribution is 0.354. The zero-order valence-corrected chi connectivity index (χ0v) is 19.7. The van der Waals surface area contributed by atoms with Crippen molar-refractivity contribution in [3.8, 4) is 11.3 Å². The first kappa shape index (κ1) is 22.1. The van der Waals surface area contributed by atoms with E-state index in [4.69, 9.17) is 10.7 Å². The normalized spacial score (nSPS) is 16.2. The minimum atomic E-state index is -0.0563. The number of likely N-dealkylation sites (N-methyl/N-ethyl adjacent to an activating group) is 1. The zero-order chi connectivity index (χ0) is 23.7. The van der Waals surface area contributed by atoms with E-state index in [1.807, 2.05) is 31.3 Å². The van der Waals surface area contributed by atoms with E-state index in [1.54, 1.807) is 16.8 Å². The third-order valence-electron chi connectivity index (χ3n) is 6.75. The number of nitrogens with zero attached hydrogens (tertiary/aromatic N) is 4. The Morgan fingerprint density at radius 2 is 1.91 bits per heavy atom. The van der Waals surface area contributed by atoms with Crippen molar-refractivity contribution in [1.29, 1.82) is 0 Å². The number of aromatic nitrogens is 3. The Hall–Kier alpha value is -3.71. The molecule has 1 aromatic carbocycles. The summed E-state index contributed by atoms with van der Waals surface area (Å²) < 4.78 is 1.70. The second-order valence-electron chi connectivity index (χ2n) is 8.82. The molecule has 1 aliphatic rings. The van der Waals surface area contributed by atoms with Crippen LogP contribution in [0.25, 0.3) is 22.0 Å². The Bertz CT molecular complexity index is 1360. The summed E-state index contributed by atoms with van der Waals surface area (Å²) in [7, 11) is 0. The van der Waals surface area contributed by atoms with Crippen molar-refractivity contribution >= 4 is 28.1 Å². The van der Waals surface area contributed by atoms with E-state index in [0.29, 0.717) is 29.5 Å². The van der Waals surface area contributed by atoms with Gasteiger partial charge < -0.3 is 20.5 Å². The number of nitrogens with two attached hydrogens (primary N) is 1. The van der Waals surface area contributed by atoms with Gasteiger partial charge in [0.25, 0.3) is 5.56 Å². The van der Waals surface area contributed by atoms with Crippen molar-refractivity contribution in [2.75, 3.05) is 30.7 Å². The summed E-state index contributed by atoms with van der Waals surface area (Å²) in [6.07, 6.45) is 4.73. The highest BCUT2D eigenvalue weighted by molar-refractivity contribution is 5.95. The molecular formula is C27H30N6O. The van der Waals surface area contributed by atoms with Crippen LogP contribution in [0, 0.1) is 0 Å². The summed E-state index contributed by atoms with van der Waals surface area (Å²) in [5.74, 6) is 1.58. The highest BCUT2D eigenvalue weighted by atomic mass is 16.1. The number of benzene rings is 1. The maximum absolute atomic E-state index is 13.2. The second-order valence-corrected chi connectivity index (χ2v) is 8.82. The fourth-order valence-corrected chi connectivity index (χ4v) is 4.71. The standard InChI is InChI=1S/C27H30N6O/c1-3-32-13-11-21(17-32)18-5-8-22(9-6-18)30-26-25-19(12-14-33(4-2)27(25)34)15-23(31-26)20-7-10-24(28)29-16-20/h5-10,12,14-16,21H,3-4,11,13,17H2,1-2H3,(H2,28,29)(H,30,31). The third-order valence-corrected chi connectivity index (χ3v) is 6.75.